The molecule has 0 radical (unpaired) electrons. The molecule has 0 aliphatic carbocycles. The van der Waals surface area contributed by atoms with Gasteiger partial charge in [-0.1, -0.05) is 42.5 Å². The molecule has 0 saturated carbocycles. The number of ether oxygens (including phenoxy) is 1. The molecule has 0 saturated heterocycles. The third-order valence-electron chi connectivity index (χ3n) is 4.35. The van der Waals surface area contributed by atoms with Gasteiger partial charge in [-0.2, -0.15) is 11.3 Å². The Morgan fingerprint density at radius 3 is 2.31 bits per heavy atom. The first kappa shape index (κ1) is 19.0. The van der Waals surface area contributed by atoms with Gasteiger partial charge in [0.1, 0.15) is 5.75 Å². The number of nitrogens with two attached hydrogens (primary N) is 1. The Morgan fingerprint density at radius 1 is 1.04 bits per heavy atom. The Kier molecular flexibility index (Phi) is 6.38. The minimum absolute atomic E-state index is 0.0237. The Morgan fingerprint density at radius 2 is 1.73 bits per heavy atom. The van der Waals surface area contributed by atoms with E-state index in [2.05, 4.69) is 53.2 Å². The molecule has 1 heterocycles. The summed E-state index contributed by atoms with van der Waals surface area (Å²) >= 11 is 3.44. The average molecular weight is 386 g/mol. The second kappa shape index (κ2) is 8.73. The van der Waals surface area contributed by atoms with E-state index in [9.17, 15) is 5.11 Å². The van der Waals surface area contributed by atoms with Gasteiger partial charge in [0.2, 0.25) is 0 Å². The Labute approximate surface area is 162 Å². The third-order valence-corrected chi connectivity index (χ3v) is 6.77. The molecule has 136 valence electrons. The number of hydrogen-bond acceptors (Lipinski definition) is 5. The van der Waals surface area contributed by atoms with Crippen molar-refractivity contribution in [3.05, 3.63) is 88.1 Å². The van der Waals surface area contributed by atoms with Crippen LogP contribution in [0.5, 0.6) is 5.75 Å². The van der Waals surface area contributed by atoms with Crippen LogP contribution in [0.2, 0.25) is 0 Å². The van der Waals surface area contributed by atoms with Crippen LogP contribution in [0.25, 0.3) is 0 Å². The van der Waals surface area contributed by atoms with E-state index < -0.39 is 0 Å². The molecule has 0 amide bonds. The fourth-order valence-electron chi connectivity index (χ4n) is 3.00. The lowest BCUT2D eigenvalue weighted by Gasteiger charge is -2.35. The number of thioether (sulfide) groups is 1. The van der Waals surface area contributed by atoms with E-state index >= 15 is 0 Å². The quantitative estimate of drug-likeness (QED) is 0.613. The van der Waals surface area contributed by atoms with Gasteiger partial charge >= 0.3 is 0 Å². The lowest BCUT2D eigenvalue weighted by atomic mass is 9.85. The van der Waals surface area contributed by atoms with Gasteiger partial charge in [0, 0.05) is 11.8 Å². The summed E-state index contributed by atoms with van der Waals surface area (Å²) in [6, 6.07) is 20.6. The highest BCUT2D eigenvalue weighted by molar-refractivity contribution is 8.00. The van der Waals surface area contributed by atoms with Crippen LogP contribution in [0.15, 0.2) is 71.4 Å². The summed E-state index contributed by atoms with van der Waals surface area (Å²) in [6.07, 6.45) is 0. The number of aliphatic hydroxyl groups excluding tert-OH is 1. The SMILES string of the molecule is COc1ccc(C(SC[C@H](N)CO)(c2ccccc2)c2ccsc2)cc1. The van der Waals surface area contributed by atoms with Crippen molar-refractivity contribution >= 4 is 23.1 Å². The molecule has 0 aliphatic rings. The van der Waals surface area contributed by atoms with Gasteiger partial charge in [-0.05, 0) is 45.6 Å². The van der Waals surface area contributed by atoms with E-state index in [0.717, 1.165) is 11.3 Å². The van der Waals surface area contributed by atoms with E-state index in [0.29, 0.717) is 5.75 Å². The summed E-state index contributed by atoms with van der Waals surface area (Å²) in [6.45, 7) is -0.0237. The monoisotopic (exact) mass is 385 g/mol. The fourth-order valence-corrected chi connectivity index (χ4v) is 5.25. The van der Waals surface area contributed by atoms with Crippen molar-refractivity contribution in [1.82, 2.24) is 0 Å². The van der Waals surface area contributed by atoms with Crippen LogP contribution in [0.1, 0.15) is 16.7 Å². The molecule has 5 heteroatoms. The molecule has 2 aromatic carbocycles. The van der Waals surface area contributed by atoms with Gasteiger partial charge in [-0.25, -0.2) is 0 Å². The minimum Gasteiger partial charge on any atom is -0.497 e. The van der Waals surface area contributed by atoms with Crippen LogP contribution in [0, 0.1) is 0 Å². The van der Waals surface area contributed by atoms with Gasteiger partial charge in [-0.15, -0.1) is 11.8 Å². The van der Waals surface area contributed by atoms with Crippen LogP contribution in [-0.4, -0.2) is 30.6 Å². The fraction of sp³-hybridized carbons (Fsp3) is 0.238. The summed E-state index contributed by atoms with van der Waals surface area (Å²) < 4.78 is 4.95. The molecular formula is C21H23NO2S2. The second-order valence-corrected chi connectivity index (χ2v) is 8.06. The molecule has 2 atom stereocenters. The lowest BCUT2D eigenvalue weighted by molar-refractivity contribution is 0.275. The highest BCUT2D eigenvalue weighted by Crippen LogP contribution is 2.49. The van der Waals surface area contributed by atoms with Crippen molar-refractivity contribution in [2.45, 2.75) is 10.8 Å². The number of hydrogen-bond donors (Lipinski definition) is 2. The number of methoxy groups -OCH3 is 1. The second-order valence-electron chi connectivity index (χ2n) is 6.04. The van der Waals surface area contributed by atoms with E-state index in [-0.39, 0.29) is 17.4 Å². The number of thiophene rings is 1. The first-order chi connectivity index (χ1) is 12.7. The zero-order valence-electron chi connectivity index (χ0n) is 14.7. The maximum Gasteiger partial charge on any atom is 0.118 e. The first-order valence-corrected chi connectivity index (χ1v) is 10.4. The number of aliphatic hydroxyl groups is 1. The third kappa shape index (κ3) is 3.81. The van der Waals surface area contributed by atoms with Crippen molar-refractivity contribution in [3.8, 4) is 5.75 Å². The molecule has 0 aliphatic heterocycles. The maximum absolute atomic E-state index is 9.42. The largest absolute Gasteiger partial charge is 0.497 e. The van der Waals surface area contributed by atoms with E-state index in [1.165, 1.54) is 11.1 Å². The summed E-state index contributed by atoms with van der Waals surface area (Å²) in [5.41, 5.74) is 9.62. The molecule has 0 fully saturated rings. The van der Waals surface area contributed by atoms with Gasteiger partial charge in [-0.3, -0.25) is 0 Å². The minimum atomic E-state index is -0.389. The van der Waals surface area contributed by atoms with Crippen LogP contribution >= 0.6 is 23.1 Å². The molecule has 0 spiro atoms. The van der Waals surface area contributed by atoms with Crippen molar-refractivity contribution in [3.63, 3.8) is 0 Å². The molecule has 1 aromatic heterocycles. The standard InChI is InChI=1S/C21H23NO2S2/c1-24-20-9-7-17(8-10-20)21(18-11-12-25-14-18,26-15-19(22)13-23)16-5-3-2-4-6-16/h2-12,14,19,23H,13,15,22H2,1H3/t19-,21?/m1/s1. The summed E-state index contributed by atoms with van der Waals surface area (Å²) in [4.78, 5) is 0. The van der Waals surface area contributed by atoms with Gasteiger partial charge < -0.3 is 15.6 Å². The Balaban J connectivity index is 2.16. The highest BCUT2D eigenvalue weighted by atomic mass is 32.2. The van der Waals surface area contributed by atoms with Crippen molar-refractivity contribution in [2.24, 2.45) is 5.73 Å². The van der Waals surface area contributed by atoms with Gasteiger partial charge in [0.25, 0.3) is 0 Å². The van der Waals surface area contributed by atoms with E-state index in [1.807, 2.05) is 18.2 Å². The predicted octanol–water partition coefficient (Wildman–Crippen LogP) is 4.10. The summed E-state index contributed by atoms with van der Waals surface area (Å²) in [5.74, 6) is 1.48. The smallest absolute Gasteiger partial charge is 0.118 e. The maximum atomic E-state index is 9.42. The zero-order valence-corrected chi connectivity index (χ0v) is 16.3. The molecule has 0 bridgehead atoms. The van der Waals surface area contributed by atoms with Crippen molar-refractivity contribution < 1.29 is 9.84 Å². The normalized spacial score (nSPS) is 14.6. The lowest BCUT2D eigenvalue weighted by Crippen LogP contribution is -2.32. The van der Waals surface area contributed by atoms with E-state index in [4.69, 9.17) is 10.5 Å². The molecule has 26 heavy (non-hydrogen) atoms. The molecule has 3 nitrogen and oxygen atoms in total. The Bertz CT molecular complexity index is 791. The molecule has 3 N–H and O–H groups in total. The average Bonchev–Trinajstić information content (AvgIpc) is 3.24. The molecular weight excluding hydrogens is 362 g/mol. The molecule has 3 rings (SSSR count). The first-order valence-electron chi connectivity index (χ1n) is 8.44. The van der Waals surface area contributed by atoms with Crippen LogP contribution in [0.3, 0.4) is 0 Å². The van der Waals surface area contributed by atoms with Crippen molar-refractivity contribution in [2.75, 3.05) is 19.5 Å². The summed E-state index contributed by atoms with van der Waals surface area (Å²) in [7, 11) is 1.67. The zero-order chi connectivity index (χ0) is 18.4. The molecule has 3 aromatic rings. The topological polar surface area (TPSA) is 55.5 Å². The number of benzene rings is 2. The van der Waals surface area contributed by atoms with E-state index in [1.54, 1.807) is 30.2 Å². The highest BCUT2D eigenvalue weighted by Gasteiger charge is 2.37. The Hall–Kier alpha value is -1.79. The number of rotatable bonds is 8. The van der Waals surface area contributed by atoms with Gasteiger partial charge in [0.15, 0.2) is 0 Å². The van der Waals surface area contributed by atoms with Crippen LogP contribution < -0.4 is 10.5 Å². The van der Waals surface area contributed by atoms with Gasteiger partial charge in [0.05, 0.1) is 18.5 Å². The van der Waals surface area contributed by atoms with Crippen molar-refractivity contribution in [1.29, 1.82) is 0 Å². The van der Waals surface area contributed by atoms with Crippen LogP contribution in [-0.2, 0) is 4.75 Å². The van der Waals surface area contributed by atoms with Crippen LogP contribution in [0.4, 0.5) is 0 Å². The predicted molar refractivity (Wildman–Crippen MR) is 111 cm³/mol. The molecule has 1 unspecified atom stereocenters. The summed E-state index contributed by atoms with van der Waals surface area (Å²) in [5, 5.41) is 13.7.